The monoisotopic (exact) mass is 511 g/mol. The van der Waals surface area contributed by atoms with E-state index in [1.165, 1.54) is 26.7 Å². The first-order valence-electron chi connectivity index (χ1n) is 11.7. The molecule has 5 aromatic rings. The van der Waals surface area contributed by atoms with E-state index in [1.807, 2.05) is 23.6 Å². The Labute approximate surface area is 214 Å². The molecule has 1 N–H and O–H groups in total. The number of amides is 1. The van der Waals surface area contributed by atoms with Crippen LogP contribution in [0.25, 0.3) is 22.7 Å². The predicted octanol–water partition coefficient (Wildman–Crippen LogP) is 2.47. The lowest BCUT2D eigenvalue weighted by Crippen LogP contribution is -2.48. The number of nitriles is 1. The molecule has 1 saturated heterocycles. The van der Waals surface area contributed by atoms with Crippen LogP contribution in [0.1, 0.15) is 21.6 Å². The summed E-state index contributed by atoms with van der Waals surface area (Å²) in [6.45, 7) is 4.15. The van der Waals surface area contributed by atoms with Crippen LogP contribution >= 0.6 is 11.3 Å². The molecule has 0 unspecified atom stereocenters. The minimum Gasteiger partial charge on any atom is -0.345 e. The minimum absolute atomic E-state index is 0.115. The molecule has 4 aromatic heterocycles. The van der Waals surface area contributed by atoms with Gasteiger partial charge in [-0.15, -0.1) is 16.4 Å². The molecule has 0 atom stereocenters. The number of anilines is 1. The third kappa shape index (κ3) is 3.95. The van der Waals surface area contributed by atoms with Crippen molar-refractivity contribution in [2.24, 2.45) is 0 Å². The summed E-state index contributed by atoms with van der Waals surface area (Å²) in [6, 6.07) is 13.1. The first-order valence-corrected chi connectivity index (χ1v) is 12.5. The molecule has 1 amide bonds. The van der Waals surface area contributed by atoms with Gasteiger partial charge in [0.05, 0.1) is 34.8 Å². The van der Waals surface area contributed by atoms with Crippen molar-refractivity contribution >= 4 is 27.9 Å². The summed E-state index contributed by atoms with van der Waals surface area (Å²) < 4.78 is 2.96. The second-order valence-corrected chi connectivity index (χ2v) is 9.46. The van der Waals surface area contributed by atoms with Gasteiger partial charge in [0.25, 0.3) is 11.5 Å². The summed E-state index contributed by atoms with van der Waals surface area (Å²) in [7, 11) is 0. The van der Waals surface area contributed by atoms with Crippen LogP contribution in [0.2, 0.25) is 0 Å². The average Bonchev–Trinajstić information content (AvgIpc) is 3.68. The summed E-state index contributed by atoms with van der Waals surface area (Å²) in [5.74, 6) is 0.128. The molecule has 0 bridgehead atoms. The van der Waals surface area contributed by atoms with Gasteiger partial charge in [-0.2, -0.15) is 10.4 Å². The number of rotatable bonds is 4. The zero-order valence-electron chi connectivity index (χ0n) is 19.8. The Bertz CT molecular complexity index is 1730. The van der Waals surface area contributed by atoms with E-state index in [4.69, 9.17) is 4.98 Å². The Hall–Kier alpha value is -4.76. The average molecular weight is 512 g/mol. The topological polar surface area (TPSA) is 128 Å². The highest BCUT2D eigenvalue weighted by molar-refractivity contribution is 7.14. The van der Waals surface area contributed by atoms with Gasteiger partial charge >= 0.3 is 0 Å². The zero-order valence-corrected chi connectivity index (χ0v) is 20.6. The van der Waals surface area contributed by atoms with Crippen LogP contribution in [-0.4, -0.2) is 66.3 Å². The highest BCUT2D eigenvalue weighted by Gasteiger charge is 2.27. The van der Waals surface area contributed by atoms with Gasteiger partial charge in [0.2, 0.25) is 5.95 Å². The maximum absolute atomic E-state index is 13.3. The molecular formula is C25H21N9O2S. The van der Waals surface area contributed by atoms with E-state index in [1.54, 1.807) is 36.2 Å². The maximum Gasteiger partial charge on any atom is 0.276 e. The van der Waals surface area contributed by atoms with Crippen molar-refractivity contribution in [3.63, 3.8) is 0 Å². The summed E-state index contributed by atoms with van der Waals surface area (Å²) in [6.07, 6.45) is 3.20. The fourth-order valence-electron chi connectivity index (χ4n) is 4.47. The highest BCUT2D eigenvalue weighted by atomic mass is 32.1. The van der Waals surface area contributed by atoms with Crippen molar-refractivity contribution in [2.45, 2.75) is 6.92 Å². The lowest BCUT2D eigenvalue weighted by atomic mass is 10.1. The predicted molar refractivity (Wildman–Crippen MR) is 138 cm³/mol. The molecule has 5 heterocycles. The fourth-order valence-corrected chi connectivity index (χ4v) is 5.35. The van der Waals surface area contributed by atoms with Crippen LogP contribution in [0.3, 0.4) is 0 Å². The normalized spacial score (nSPS) is 13.7. The highest BCUT2D eigenvalue weighted by Crippen LogP contribution is 2.30. The van der Waals surface area contributed by atoms with Gasteiger partial charge < -0.3 is 9.80 Å². The smallest absolute Gasteiger partial charge is 0.276 e. The van der Waals surface area contributed by atoms with Gasteiger partial charge in [-0.3, -0.25) is 14.6 Å². The van der Waals surface area contributed by atoms with Gasteiger partial charge in [-0.1, -0.05) is 18.2 Å². The van der Waals surface area contributed by atoms with Crippen LogP contribution < -0.4 is 10.5 Å². The molecule has 184 valence electrons. The van der Waals surface area contributed by atoms with Gasteiger partial charge in [0.1, 0.15) is 5.52 Å². The van der Waals surface area contributed by atoms with E-state index >= 15 is 0 Å². The van der Waals surface area contributed by atoms with Crippen molar-refractivity contribution in [1.29, 1.82) is 5.26 Å². The van der Waals surface area contributed by atoms with Crippen LogP contribution in [0.15, 0.2) is 59.0 Å². The SMILES string of the molecule is Cc1c(C(=O)N2CCN(c3nc(-c4ccccc4C#N)cs3)CC2)cnn1-c1nn2cccc2c(=O)[nH]1. The molecule has 1 aromatic carbocycles. The maximum atomic E-state index is 13.3. The number of hydrogen-bond donors (Lipinski definition) is 1. The lowest BCUT2D eigenvalue weighted by Gasteiger charge is -2.34. The van der Waals surface area contributed by atoms with Gasteiger partial charge in [-0.05, 0) is 25.1 Å². The van der Waals surface area contributed by atoms with Crippen molar-refractivity contribution in [1.82, 2.24) is 34.3 Å². The largest absolute Gasteiger partial charge is 0.345 e. The van der Waals surface area contributed by atoms with E-state index < -0.39 is 0 Å². The first kappa shape index (κ1) is 22.7. The third-order valence-electron chi connectivity index (χ3n) is 6.48. The lowest BCUT2D eigenvalue weighted by molar-refractivity contribution is 0.0746. The number of H-pyrrole nitrogens is 1. The molecule has 12 heteroatoms. The van der Waals surface area contributed by atoms with E-state index in [-0.39, 0.29) is 17.4 Å². The molecule has 1 aliphatic heterocycles. The molecule has 37 heavy (non-hydrogen) atoms. The number of carbonyl (C=O) groups excluding carboxylic acids is 1. The van der Waals surface area contributed by atoms with Gasteiger partial charge in [0, 0.05) is 43.3 Å². The van der Waals surface area contributed by atoms with Crippen LogP contribution in [0, 0.1) is 18.3 Å². The molecule has 0 saturated carbocycles. The number of benzene rings is 1. The van der Waals surface area contributed by atoms with Crippen molar-refractivity contribution in [3.8, 4) is 23.3 Å². The Morgan fingerprint density at radius 1 is 1.14 bits per heavy atom. The molecule has 11 nitrogen and oxygen atoms in total. The minimum atomic E-state index is -0.282. The van der Waals surface area contributed by atoms with E-state index in [2.05, 4.69) is 26.2 Å². The van der Waals surface area contributed by atoms with Crippen LogP contribution in [0.5, 0.6) is 0 Å². The van der Waals surface area contributed by atoms with Crippen molar-refractivity contribution in [3.05, 3.63) is 81.3 Å². The quantitative estimate of drug-likeness (QED) is 0.393. The molecule has 6 rings (SSSR count). The molecule has 1 fully saturated rings. The van der Waals surface area contributed by atoms with E-state index in [9.17, 15) is 14.9 Å². The number of piperazine rings is 1. The molecular weight excluding hydrogens is 490 g/mol. The summed E-state index contributed by atoms with van der Waals surface area (Å²) in [4.78, 5) is 37.1. The summed E-state index contributed by atoms with van der Waals surface area (Å²) in [5.41, 5.74) is 3.41. The Balaban J connectivity index is 1.16. The summed E-state index contributed by atoms with van der Waals surface area (Å²) in [5, 5.41) is 20.9. The summed E-state index contributed by atoms with van der Waals surface area (Å²) >= 11 is 1.53. The number of aromatic nitrogens is 6. The Morgan fingerprint density at radius 3 is 2.76 bits per heavy atom. The van der Waals surface area contributed by atoms with Gasteiger partial charge in [0.15, 0.2) is 5.13 Å². The molecule has 0 radical (unpaired) electrons. The number of nitrogens with one attached hydrogen (secondary N) is 1. The van der Waals surface area contributed by atoms with Crippen molar-refractivity contribution in [2.75, 3.05) is 31.1 Å². The van der Waals surface area contributed by atoms with Crippen molar-refractivity contribution < 1.29 is 4.79 Å². The second-order valence-electron chi connectivity index (χ2n) is 8.62. The molecule has 0 aliphatic carbocycles. The second kappa shape index (κ2) is 9.03. The third-order valence-corrected chi connectivity index (χ3v) is 7.38. The number of nitrogens with zero attached hydrogens (tertiary/aromatic N) is 8. The van der Waals surface area contributed by atoms with E-state index in [0.717, 1.165) is 16.4 Å². The van der Waals surface area contributed by atoms with Gasteiger partial charge in [-0.25, -0.2) is 14.2 Å². The standard InChI is InChI=1S/C25H21N9O2S/c1-16-19(14-27-34(16)24-29-22(35)21-7-4-8-33(21)30-24)23(36)31-9-11-32(12-10-31)25-28-20(15-37-25)18-6-3-2-5-17(18)13-26/h2-8,14-15H,9-12H2,1H3,(H,29,30,35). The molecule has 1 aliphatic rings. The zero-order chi connectivity index (χ0) is 25.5. The Kier molecular flexibility index (Phi) is 5.54. The number of carbonyl (C=O) groups is 1. The van der Waals surface area contributed by atoms with Crippen LogP contribution in [-0.2, 0) is 0 Å². The van der Waals surface area contributed by atoms with E-state index in [0.29, 0.717) is 48.5 Å². The number of aromatic amines is 1. The Morgan fingerprint density at radius 2 is 1.95 bits per heavy atom. The molecule has 0 spiro atoms. The number of fused-ring (bicyclic) bond motifs is 1. The first-order chi connectivity index (χ1) is 18.0. The van der Waals surface area contributed by atoms with Crippen LogP contribution in [0.4, 0.5) is 5.13 Å². The number of thiazole rings is 1. The fraction of sp³-hybridized carbons (Fsp3) is 0.200. The number of hydrogen-bond acceptors (Lipinski definition) is 8.